The molecule has 0 aliphatic heterocycles. The number of hydrogen-bond acceptors (Lipinski definition) is 2. The third-order valence-electron chi connectivity index (χ3n) is 2.71. The van der Waals surface area contributed by atoms with Crippen molar-refractivity contribution in [1.29, 1.82) is 0 Å². The predicted octanol–water partition coefficient (Wildman–Crippen LogP) is 4.04. The summed E-state index contributed by atoms with van der Waals surface area (Å²) in [6.45, 7) is 4.91. The summed E-state index contributed by atoms with van der Waals surface area (Å²) in [6.07, 6.45) is 3.52. The standard InChI is InChI=1S/C15H16ClFN2/c1-10(2)19-8-11-3-13(9-18-7-11)12-4-14(16)6-15(17)5-12/h3-7,9-10,19H,8H2,1-2H3. The highest BCUT2D eigenvalue weighted by Crippen LogP contribution is 2.24. The monoisotopic (exact) mass is 278 g/mol. The van der Waals surface area contributed by atoms with Crippen LogP contribution in [-0.4, -0.2) is 11.0 Å². The quantitative estimate of drug-likeness (QED) is 0.913. The van der Waals surface area contributed by atoms with Gasteiger partial charge < -0.3 is 5.32 Å². The maximum absolute atomic E-state index is 13.4. The zero-order valence-electron chi connectivity index (χ0n) is 11.0. The Labute approximate surface area is 117 Å². The molecule has 0 aliphatic rings. The van der Waals surface area contributed by atoms with Gasteiger partial charge in [-0.25, -0.2) is 4.39 Å². The Morgan fingerprint density at radius 2 is 1.95 bits per heavy atom. The number of rotatable bonds is 4. The molecule has 0 amide bonds. The van der Waals surface area contributed by atoms with Crippen LogP contribution < -0.4 is 5.32 Å². The van der Waals surface area contributed by atoms with E-state index in [1.165, 1.54) is 12.1 Å². The predicted molar refractivity (Wildman–Crippen MR) is 76.6 cm³/mol. The number of nitrogens with zero attached hydrogens (tertiary/aromatic N) is 1. The highest BCUT2D eigenvalue weighted by Gasteiger charge is 2.04. The molecule has 0 spiro atoms. The number of hydrogen-bond donors (Lipinski definition) is 1. The lowest BCUT2D eigenvalue weighted by atomic mass is 10.1. The maximum atomic E-state index is 13.4. The summed E-state index contributed by atoms with van der Waals surface area (Å²) in [4.78, 5) is 4.19. The Kier molecular flexibility index (Phi) is 4.51. The molecule has 0 fully saturated rings. The van der Waals surface area contributed by atoms with Gasteiger partial charge in [-0.3, -0.25) is 4.98 Å². The van der Waals surface area contributed by atoms with Gasteiger partial charge in [0.1, 0.15) is 5.82 Å². The first-order chi connectivity index (χ1) is 9.04. The molecule has 1 aromatic carbocycles. The van der Waals surface area contributed by atoms with Crippen LogP contribution in [0.3, 0.4) is 0 Å². The fraction of sp³-hybridized carbons (Fsp3) is 0.267. The van der Waals surface area contributed by atoms with Crippen molar-refractivity contribution in [3.8, 4) is 11.1 Å². The van der Waals surface area contributed by atoms with Crippen LogP contribution in [0.25, 0.3) is 11.1 Å². The average molecular weight is 279 g/mol. The molecule has 0 radical (unpaired) electrons. The van der Waals surface area contributed by atoms with E-state index >= 15 is 0 Å². The SMILES string of the molecule is CC(C)NCc1cncc(-c2cc(F)cc(Cl)c2)c1. The molecule has 1 aromatic heterocycles. The van der Waals surface area contributed by atoms with Gasteiger partial charge in [-0.2, -0.15) is 0 Å². The lowest BCUT2D eigenvalue weighted by Gasteiger charge is -2.09. The van der Waals surface area contributed by atoms with Gasteiger partial charge in [0.05, 0.1) is 0 Å². The van der Waals surface area contributed by atoms with Crippen LogP contribution in [0.5, 0.6) is 0 Å². The van der Waals surface area contributed by atoms with Gasteiger partial charge in [-0.1, -0.05) is 25.4 Å². The second-order valence-electron chi connectivity index (χ2n) is 4.78. The first-order valence-electron chi connectivity index (χ1n) is 6.18. The molecule has 19 heavy (non-hydrogen) atoms. The molecule has 2 aromatic rings. The van der Waals surface area contributed by atoms with E-state index in [1.807, 2.05) is 6.07 Å². The minimum atomic E-state index is -0.340. The minimum Gasteiger partial charge on any atom is -0.310 e. The van der Waals surface area contributed by atoms with Crippen molar-refractivity contribution in [2.45, 2.75) is 26.4 Å². The minimum absolute atomic E-state index is 0.340. The van der Waals surface area contributed by atoms with Crippen molar-refractivity contribution in [2.24, 2.45) is 0 Å². The van der Waals surface area contributed by atoms with Gasteiger partial charge in [-0.05, 0) is 35.4 Å². The smallest absolute Gasteiger partial charge is 0.125 e. The number of benzene rings is 1. The number of aromatic nitrogens is 1. The molecule has 0 saturated carbocycles. The molecule has 1 N–H and O–H groups in total. The zero-order chi connectivity index (χ0) is 13.8. The third kappa shape index (κ3) is 4.01. The van der Waals surface area contributed by atoms with E-state index in [2.05, 4.69) is 24.1 Å². The first kappa shape index (κ1) is 14.0. The van der Waals surface area contributed by atoms with E-state index in [1.54, 1.807) is 18.5 Å². The van der Waals surface area contributed by atoms with Gasteiger partial charge in [0.15, 0.2) is 0 Å². The van der Waals surface area contributed by atoms with Crippen molar-refractivity contribution in [1.82, 2.24) is 10.3 Å². The van der Waals surface area contributed by atoms with Crippen LogP contribution in [0, 0.1) is 5.82 Å². The van der Waals surface area contributed by atoms with Crippen molar-refractivity contribution in [2.75, 3.05) is 0 Å². The number of nitrogens with one attached hydrogen (secondary N) is 1. The lowest BCUT2D eigenvalue weighted by molar-refractivity contribution is 0.588. The lowest BCUT2D eigenvalue weighted by Crippen LogP contribution is -2.21. The summed E-state index contributed by atoms with van der Waals surface area (Å²) in [5.74, 6) is -0.340. The summed E-state index contributed by atoms with van der Waals surface area (Å²) < 4.78 is 13.4. The second-order valence-corrected chi connectivity index (χ2v) is 5.21. The van der Waals surface area contributed by atoms with Crippen LogP contribution in [0.1, 0.15) is 19.4 Å². The average Bonchev–Trinajstić information content (AvgIpc) is 2.35. The molecule has 2 rings (SSSR count). The van der Waals surface area contributed by atoms with Gasteiger partial charge in [0, 0.05) is 35.6 Å². The summed E-state index contributed by atoms with van der Waals surface area (Å²) >= 11 is 5.87. The largest absolute Gasteiger partial charge is 0.310 e. The number of pyridine rings is 1. The van der Waals surface area contributed by atoms with Crippen molar-refractivity contribution < 1.29 is 4.39 Å². The van der Waals surface area contributed by atoms with E-state index in [9.17, 15) is 4.39 Å². The van der Waals surface area contributed by atoms with Gasteiger partial charge in [-0.15, -0.1) is 0 Å². The molecule has 4 heteroatoms. The van der Waals surface area contributed by atoms with Crippen LogP contribution in [-0.2, 0) is 6.54 Å². The molecular formula is C15H16ClFN2. The fourth-order valence-electron chi connectivity index (χ4n) is 1.78. The van der Waals surface area contributed by atoms with Crippen molar-refractivity contribution in [3.05, 3.63) is 53.1 Å². The summed E-state index contributed by atoms with van der Waals surface area (Å²) in [5, 5.41) is 3.71. The van der Waals surface area contributed by atoms with Gasteiger partial charge >= 0.3 is 0 Å². The highest BCUT2D eigenvalue weighted by molar-refractivity contribution is 6.30. The maximum Gasteiger partial charge on any atom is 0.125 e. The molecule has 0 saturated heterocycles. The van der Waals surface area contributed by atoms with Crippen LogP contribution in [0.4, 0.5) is 4.39 Å². The van der Waals surface area contributed by atoms with Crippen LogP contribution in [0.2, 0.25) is 5.02 Å². The summed E-state index contributed by atoms with van der Waals surface area (Å²) in [7, 11) is 0. The van der Waals surface area contributed by atoms with Crippen molar-refractivity contribution in [3.63, 3.8) is 0 Å². The molecule has 0 bridgehead atoms. The molecule has 1 heterocycles. The molecular weight excluding hydrogens is 263 g/mol. The van der Waals surface area contributed by atoms with E-state index in [-0.39, 0.29) is 5.82 Å². The fourth-order valence-corrected chi connectivity index (χ4v) is 2.01. The second kappa shape index (κ2) is 6.13. The van der Waals surface area contributed by atoms with Crippen molar-refractivity contribution >= 4 is 11.6 Å². The van der Waals surface area contributed by atoms with Gasteiger partial charge in [0.25, 0.3) is 0 Å². The Morgan fingerprint density at radius 3 is 2.63 bits per heavy atom. The normalized spacial score (nSPS) is 11.0. The summed E-state index contributed by atoms with van der Waals surface area (Å²) in [6, 6.07) is 6.90. The topological polar surface area (TPSA) is 24.9 Å². The van der Waals surface area contributed by atoms with E-state index in [0.717, 1.165) is 23.2 Å². The molecule has 0 aliphatic carbocycles. The van der Waals surface area contributed by atoms with Crippen LogP contribution in [0.15, 0.2) is 36.7 Å². The molecule has 0 unspecified atom stereocenters. The number of halogens is 2. The first-order valence-corrected chi connectivity index (χ1v) is 6.56. The molecule has 0 atom stereocenters. The molecule has 100 valence electrons. The zero-order valence-corrected chi connectivity index (χ0v) is 11.7. The van der Waals surface area contributed by atoms with E-state index in [0.29, 0.717) is 11.1 Å². The van der Waals surface area contributed by atoms with E-state index in [4.69, 9.17) is 11.6 Å². The Morgan fingerprint density at radius 1 is 1.16 bits per heavy atom. The highest BCUT2D eigenvalue weighted by atomic mass is 35.5. The third-order valence-corrected chi connectivity index (χ3v) is 2.92. The molecule has 2 nitrogen and oxygen atoms in total. The van der Waals surface area contributed by atoms with Gasteiger partial charge in [0.2, 0.25) is 0 Å². The van der Waals surface area contributed by atoms with E-state index < -0.39 is 0 Å². The summed E-state index contributed by atoms with van der Waals surface area (Å²) in [5.41, 5.74) is 2.67. The Hall–Kier alpha value is -1.45. The van der Waals surface area contributed by atoms with Crippen LogP contribution >= 0.6 is 11.6 Å². The Bertz CT molecular complexity index is 550. The Balaban J connectivity index is 2.27.